The Morgan fingerprint density at radius 2 is 2.31 bits per heavy atom. The van der Waals surface area contributed by atoms with Crippen molar-refractivity contribution in [3.63, 3.8) is 0 Å². The summed E-state index contributed by atoms with van der Waals surface area (Å²) in [5.41, 5.74) is 0.781. The van der Waals surface area contributed by atoms with Gasteiger partial charge in [-0.3, -0.25) is 0 Å². The van der Waals surface area contributed by atoms with Crippen LogP contribution in [0.15, 0.2) is 18.2 Å². The van der Waals surface area contributed by atoms with Gasteiger partial charge < -0.3 is 5.32 Å². The Hall–Kier alpha value is -0.690. The van der Waals surface area contributed by atoms with Crippen LogP contribution in [0, 0.1) is 18.2 Å². The van der Waals surface area contributed by atoms with Gasteiger partial charge >= 0.3 is 0 Å². The molecule has 1 nitrogen and oxygen atoms in total. The zero-order chi connectivity index (χ0) is 11.8. The summed E-state index contributed by atoms with van der Waals surface area (Å²) in [6.45, 7) is 1.41. The van der Waals surface area contributed by atoms with E-state index in [0.29, 0.717) is 6.54 Å². The lowest BCUT2D eigenvalue weighted by atomic mass is 10.2. The molecule has 1 aromatic rings. The Bertz CT molecular complexity index is 376. The minimum absolute atomic E-state index is 0.200. The molecular formula is C12H13ClFNS. The van der Waals surface area contributed by atoms with Crippen LogP contribution in [-0.4, -0.2) is 18.1 Å². The maximum atomic E-state index is 13.1. The van der Waals surface area contributed by atoms with Crippen LogP contribution in [-0.2, 0) is 6.54 Å². The number of hydrogen-bond donors (Lipinski definition) is 1. The van der Waals surface area contributed by atoms with Crippen molar-refractivity contribution in [2.24, 2.45) is 0 Å². The molecule has 0 heterocycles. The average molecular weight is 258 g/mol. The summed E-state index contributed by atoms with van der Waals surface area (Å²) >= 11 is 7.50. The summed E-state index contributed by atoms with van der Waals surface area (Å²) in [6, 6.07) is 4.83. The molecule has 0 amide bonds. The second-order valence-electron chi connectivity index (χ2n) is 3.15. The molecule has 0 spiro atoms. The molecule has 4 heteroatoms. The van der Waals surface area contributed by atoms with Crippen LogP contribution < -0.4 is 5.32 Å². The summed E-state index contributed by atoms with van der Waals surface area (Å²) in [5, 5.41) is 3.39. The van der Waals surface area contributed by atoms with Gasteiger partial charge in [0.1, 0.15) is 5.82 Å². The molecule has 0 aliphatic heterocycles. The summed E-state index contributed by atoms with van der Waals surface area (Å²) in [5.74, 6) is 3.85. The second-order valence-corrected chi connectivity index (χ2v) is 4.63. The van der Waals surface area contributed by atoms with Crippen LogP contribution in [0.1, 0.15) is 5.56 Å². The molecule has 0 atom stereocenters. The van der Waals surface area contributed by atoms with Crippen LogP contribution >= 0.6 is 23.4 Å². The Kier molecular flexibility index (Phi) is 6.32. The first-order valence-electron chi connectivity index (χ1n) is 4.90. The lowest BCUT2D eigenvalue weighted by Crippen LogP contribution is -2.17. The normalized spacial score (nSPS) is 10.1. The summed E-state index contributed by atoms with van der Waals surface area (Å²) in [4.78, 5) is 0. The van der Waals surface area contributed by atoms with E-state index in [-0.39, 0.29) is 10.8 Å². The van der Waals surface area contributed by atoms with E-state index in [2.05, 4.69) is 11.2 Å². The standard InChI is InChI=1S/C12H13ClFNS/c1-2-7-16-8-6-15-9-10-4-3-5-11(14)12(10)13/h1,3-5,15H,6-9H2. The zero-order valence-electron chi connectivity index (χ0n) is 8.80. The molecule has 0 aromatic heterocycles. The molecule has 0 saturated carbocycles. The fourth-order valence-corrected chi connectivity index (χ4v) is 1.93. The molecule has 1 aromatic carbocycles. The monoisotopic (exact) mass is 257 g/mol. The van der Waals surface area contributed by atoms with E-state index in [9.17, 15) is 4.39 Å². The predicted molar refractivity (Wildman–Crippen MR) is 69.3 cm³/mol. The van der Waals surface area contributed by atoms with Gasteiger partial charge in [-0.2, -0.15) is 0 Å². The smallest absolute Gasteiger partial charge is 0.142 e. The van der Waals surface area contributed by atoms with Crippen LogP contribution in [0.25, 0.3) is 0 Å². The molecular weight excluding hydrogens is 245 g/mol. The van der Waals surface area contributed by atoms with E-state index < -0.39 is 0 Å². The fraction of sp³-hybridized carbons (Fsp3) is 0.333. The topological polar surface area (TPSA) is 12.0 Å². The van der Waals surface area contributed by atoms with Gasteiger partial charge in [-0.15, -0.1) is 18.2 Å². The Labute approximate surface area is 105 Å². The van der Waals surface area contributed by atoms with Crippen molar-refractivity contribution < 1.29 is 4.39 Å². The average Bonchev–Trinajstić information content (AvgIpc) is 2.29. The molecule has 0 aliphatic rings. The van der Waals surface area contributed by atoms with Gasteiger partial charge in [0.05, 0.1) is 10.8 Å². The van der Waals surface area contributed by atoms with Gasteiger partial charge in [-0.05, 0) is 11.6 Å². The first-order chi connectivity index (χ1) is 7.75. The lowest BCUT2D eigenvalue weighted by molar-refractivity contribution is 0.622. The van der Waals surface area contributed by atoms with Crippen LogP contribution in [0.3, 0.4) is 0 Å². The maximum absolute atomic E-state index is 13.1. The molecule has 16 heavy (non-hydrogen) atoms. The minimum atomic E-state index is -0.373. The van der Waals surface area contributed by atoms with Crippen molar-refractivity contribution in [1.82, 2.24) is 5.32 Å². The van der Waals surface area contributed by atoms with E-state index >= 15 is 0 Å². The lowest BCUT2D eigenvalue weighted by Gasteiger charge is -2.06. The Morgan fingerprint density at radius 1 is 1.50 bits per heavy atom. The summed E-state index contributed by atoms with van der Waals surface area (Å²) < 4.78 is 13.1. The first-order valence-corrected chi connectivity index (χ1v) is 6.43. The Morgan fingerprint density at radius 3 is 3.06 bits per heavy atom. The van der Waals surface area contributed by atoms with Crippen molar-refractivity contribution in [2.45, 2.75) is 6.54 Å². The molecule has 0 bridgehead atoms. The van der Waals surface area contributed by atoms with Gasteiger partial charge in [-0.1, -0.05) is 29.7 Å². The number of thioether (sulfide) groups is 1. The molecule has 0 radical (unpaired) electrons. The predicted octanol–water partition coefficient (Wildman–Crippen LogP) is 2.94. The van der Waals surface area contributed by atoms with Crippen molar-refractivity contribution in [1.29, 1.82) is 0 Å². The third-order valence-corrected chi connectivity index (χ3v) is 3.24. The van der Waals surface area contributed by atoms with Gasteiger partial charge in [0, 0.05) is 18.8 Å². The van der Waals surface area contributed by atoms with E-state index in [4.69, 9.17) is 18.0 Å². The summed E-state index contributed by atoms with van der Waals surface area (Å²) in [6.07, 6.45) is 5.12. The van der Waals surface area contributed by atoms with Gasteiger partial charge in [-0.25, -0.2) is 4.39 Å². The van der Waals surface area contributed by atoms with Crippen LogP contribution in [0.2, 0.25) is 5.02 Å². The van der Waals surface area contributed by atoms with E-state index in [1.807, 2.05) is 6.07 Å². The first kappa shape index (κ1) is 13.4. The largest absolute Gasteiger partial charge is 0.312 e. The molecule has 0 fully saturated rings. The number of hydrogen-bond acceptors (Lipinski definition) is 2. The highest BCUT2D eigenvalue weighted by Crippen LogP contribution is 2.19. The zero-order valence-corrected chi connectivity index (χ0v) is 10.4. The molecule has 1 N–H and O–H groups in total. The maximum Gasteiger partial charge on any atom is 0.142 e. The van der Waals surface area contributed by atoms with Crippen LogP contribution in [0.4, 0.5) is 4.39 Å². The van der Waals surface area contributed by atoms with Crippen molar-refractivity contribution in [2.75, 3.05) is 18.1 Å². The van der Waals surface area contributed by atoms with Gasteiger partial charge in [0.15, 0.2) is 0 Å². The van der Waals surface area contributed by atoms with Crippen molar-refractivity contribution in [3.05, 3.63) is 34.6 Å². The molecule has 0 unspecified atom stereocenters. The summed E-state index contributed by atoms with van der Waals surface area (Å²) in [7, 11) is 0. The Balaban J connectivity index is 2.27. The fourth-order valence-electron chi connectivity index (χ4n) is 1.18. The van der Waals surface area contributed by atoms with E-state index in [1.165, 1.54) is 6.07 Å². The molecule has 86 valence electrons. The van der Waals surface area contributed by atoms with E-state index in [0.717, 1.165) is 23.6 Å². The van der Waals surface area contributed by atoms with Crippen molar-refractivity contribution in [3.8, 4) is 12.3 Å². The number of benzene rings is 1. The quantitative estimate of drug-likeness (QED) is 0.621. The highest BCUT2D eigenvalue weighted by atomic mass is 35.5. The number of terminal acetylenes is 1. The molecule has 0 aliphatic carbocycles. The van der Waals surface area contributed by atoms with E-state index in [1.54, 1.807) is 17.8 Å². The SMILES string of the molecule is C#CCSCCNCc1cccc(F)c1Cl. The number of halogens is 2. The van der Waals surface area contributed by atoms with Crippen LogP contribution in [0.5, 0.6) is 0 Å². The third-order valence-electron chi connectivity index (χ3n) is 1.96. The second kappa shape index (κ2) is 7.56. The van der Waals surface area contributed by atoms with Gasteiger partial charge in [0.2, 0.25) is 0 Å². The number of rotatable bonds is 6. The number of nitrogens with one attached hydrogen (secondary N) is 1. The third kappa shape index (κ3) is 4.44. The highest BCUT2D eigenvalue weighted by Gasteiger charge is 2.04. The highest BCUT2D eigenvalue weighted by molar-refractivity contribution is 7.99. The van der Waals surface area contributed by atoms with Gasteiger partial charge in [0.25, 0.3) is 0 Å². The molecule has 1 rings (SSSR count). The van der Waals surface area contributed by atoms with Crippen molar-refractivity contribution >= 4 is 23.4 Å². The minimum Gasteiger partial charge on any atom is -0.312 e. The molecule has 0 saturated heterocycles.